The molecule has 0 spiro atoms. The van der Waals surface area contributed by atoms with Gasteiger partial charge in [-0.05, 0) is 35.7 Å². The molecule has 3 aromatic carbocycles. The zero-order chi connectivity index (χ0) is 23.2. The number of nitriles is 2. The van der Waals surface area contributed by atoms with Crippen LogP contribution in [-0.4, -0.2) is 24.1 Å². The zero-order valence-corrected chi connectivity index (χ0v) is 18.0. The molecule has 1 amide bonds. The smallest absolute Gasteiger partial charge is 0.225 e. The highest BCUT2D eigenvalue weighted by molar-refractivity contribution is 5.92. The Morgan fingerprint density at radius 2 is 1.56 bits per heavy atom. The molecule has 3 rings (SSSR count). The second-order valence-electron chi connectivity index (χ2n) is 7.11. The maximum absolute atomic E-state index is 12.0. The number of phenols is 1. The van der Waals surface area contributed by atoms with Crippen molar-refractivity contribution >= 4 is 11.6 Å². The molecule has 0 fully saturated rings. The first-order chi connectivity index (χ1) is 15.5. The van der Waals surface area contributed by atoms with Crippen LogP contribution >= 0.6 is 0 Å². The van der Waals surface area contributed by atoms with Gasteiger partial charge >= 0.3 is 0 Å². The zero-order valence-electron chi connectivity index (χ0n) is 18.0. The molecule has 0 bridgehead atoms. The van der Waals surface area contributed by atoms with Gasteiger partial charge in [0.05, 0.1) is 22.9 Å². The molecule has 0 aliphatic heterocycles. The molecule has 0 radical (unpaired) electrons. The van der Waals surface area contributed by atoms with E-state index in [1.807, 2.05) is 54.6 Å². The van der Waals surface area contributed by atoms with Crippen molar-refractivity contribution in [2.24, 2.45) is 0 Å². The summed E-state index contributed by atoms with van der Waals surface area (Å²) in [6.45, 7) is 3.26. The molecule has 32 heavy (non-hydrogen) atoms. The Morgan fingerprint density at radius 1 is 0.938 bits per heavy atom. The number of hydrogen-bond donors (Lipinski definition) is 3. The van der Waals surface area contributed by atoms with Gasteiger partial charge in [-0.1, -0.05) is 61.5 Å². The van der Waals surface area contributed by atoms with E-state index >= 15 is 0 Å². The number of nitrogens with zero attached hydrogens (tertiary/aromatic N) is 2. The van der Waals surface area contributed by atoms with Gasteiger partial charge < -0.3 is 15.7 Å². The van der Waals surface area contributed by atoms with Crippen molar-refractivity contribution in [3.8, 4) is 17.9 Å². The second-order valence-corrected chi connectivity index (χ2v) is 7.11. The first-order valence-electron chi connectivity index (χ1n) is 10.3. The number of hydrogen-bond acceptors (Lipinski definition) is 5. The van der Waals surface area contributed by atoms with Gasteiger partial charge in [0, 0.05) is 19.5 Å². The lowest BCUT2D eigenvalue weighted by atomic mass is 10.00. The van der Waals surface area contributed by atoms with Gasteiger partial charge in [-0.3, -0.25) is 4.79 Å². The normalized spacial score (nSPS) is 10.6. The van der Waals surface area contributed by atoms with Crippen molar-refractivity contribution in [2.45, 2.75) is 19.3 Å². The van der Waals surface area contributed by atoms with E-state index in [0.717, 1.165) is 5.56 Å². The number of phenolic OH excluding ortho intramolecular Hbond substituents is 1. The first-order valence-corrected chi connectivity index (χ1v) is 10.3. The van der Waals surface area contributed by atoms with Crippen LogP contribution < -0.4 is 10.6 Å². The number of carbonyl (C=O) groups is 1. The Bertz CT molecular complexity index is 1040. The predicted molar refractivity (Wildman–Crippen MR) is 125 cm³/mol. The Balaban J connectivity index is 0.000000520. The van der Waals surface area contributed by atoms with Crippen LogP contribution in [0, 0.1) is 22.7 Å². The maximum atomic E-state index is 12.0. The molecule has 6 heteroatoms. The van der Waals surface area contributed by atoms with Crippen molar-refractivity contribution < 1.29 is 9.90 Å². The van der Waals surface area contributed by atoms with E-state index in [1.165, 1.54) is 6.07 Å². The molecule has 0 aliphatic carbocycles. The molecular weight excluding hydrogens is 400 g/mol. The Kier molecular flexibility index (Phi) is 9.98. The van der Waals surface area contributed by atoms with Gasteiger partial charge in [-0.25, -0.2) is 0 Å². The Morgan fingerprint density at radius 3 is 2.12 bits per heavy atom. The number of carbonyl (C=O) groups excluding carboxylic acids is 1. The number of amides is 1. The Labute approximate surface area is 188 Å². The number of anilines is 1. The predicted octanol–water partition coefficient (Wildman–Crippen LogP) is 4.54. The van der Waals surface area contributed by atoms with Crippen LogP contribution in [0.15, 0.2) is 78.9 Å². The standard InChI is InChI=1S/C20H20N4O2.C6H6/c1-14(16-7-5-15(11-21)6-8-16)13-23-10-9-19(25)24-18-4-2-3-17(12-22)20(18)26;1-2-4-6-5-3-1/h2-8,14,23,26H,9-10,13H2,1H3,(H,24,25);1-6H. The topological polar surface area (TPSA) is 109 Å². The lowest BCUT2D eigenvalue weighted by Gasteiger charge is -2.13. The van der Waals surface area contributed by atoms with Crippen LogP contribution in [0.25, 0.3) is 0 Å². The van der Waals surface area contributed by atoms with E-state index in [9.17, 15) is 9.90 Å². The van der Waals surface area contributed by atoms with Crippen LogP contribution in [0.1, 0.15) is 36.0 Å². The average Bonchev–Trinajstić information content (AvgIpc) is 2.84. The number of para-hydroxylation sites is 1. The van der Waals surface area contributed by atoms with Crippen LogP contribution in [0.5, 0.6) is 5.75 Å². The van der Waals surface area contributed by atoms with Crippen molar-refractivity contribution in [1.82, 2.24) is 5.32 Å². The number of benzene rings is 3. The summed E-state index contributed by atoms with van der Waals surface area (Å²) >= 11 is 0. The molecule has 6 nitrogen and oxygen atoms in total. The second kappa shape index (κ2) is 13.2. The van der Waals surface area contributed by atoms with Gasteiger partial charge in [0.25, 0.3) is 0 Å². The molecule has 0 aromatic heterocycles. The van der Waals surface area contributed by atoms with E-state index in [-0.39, 0.29) is 35.2 Å². The minimum Gasteiger partial charge on any atom is -0.504 e. The summed E-state index contributed by atoms with van der Waals surface area (Å²) in [7, 11) is 0. The first kappa shape index (κ1) is 24.1. The van der Waals surface area contributed by atoms with Gasteiger partial charge in [0.15, 0.2) is 5.75 Å². The molecule has 162 valence electrons. The molecule has 0 aliphatic rings. The van der Waals surface area contributed by atoms with Gasteiger partial charge in [0.1, 0.15) is 6.07 Å². The number of aromatic hydroxyl groups is 1. The van der Waals surface area contributed by atoms with E-state index in [1.54, 1.807) is 24.3 Å². The quantitative estimate of drug-likeness (QED) is 0.379. The number of rotatable bonds is 7. The molecule has 3 N–H and O–H groups in total. The molecular formula is C26H26N4O2. The lowest BCUT2D eigenvalue weighted by molar-refractivity contribution is -0.116. The van der Waals surface area contributed by atoms with E-state index in [4.69, 9.17) is 10.5 Å². The monoisotopic (exact) mass is 426 g/mol. The Hall–Kier alpha value is -4.13. The summed E-state index contributed by atoms with van der Waals surface area (Å²) in [4.78, 5) is 12.0. The van der Waals surface area contributed by atoms with E-state index in [2.05, 4.69) is 23.6 Å². The molecule has 0 saturated carbocycles. The van der Waals surface area contributed by atoms with Crippen molar-refractivity contribution in [3.05, 3.63) is 95.6 Å². The fourth-order valence-corrected chi connectivity index (χ4v) is 2.86. The third-order valence-electron chi connectivity index (χ3n) is 4.69. The van der Waals surface area contributed by atoms with Crippen LogP contribution in [0.4, 0.5) is 5.69 Å². The van der Waals surface area contributed by atoms with Crippen LogP contribution in [0.2, 0.25) is 0 Å². The fraction of sp³-hybridized carbons (Fsp3) is 0.192. The molecule has 3 aromatic rings. The molecule has 0 heterocycles. The summed E-state index contributed by atoms with van der Waals surface area (Å²) in [5, 5.41) is 33.4. The fourth-order valence-electron chi connectivity index (χ4n) is 2.86. The summed E-state index contributed by atoms with van der Waals surface area (Å²) in [5.74, 6) is -0.207. The summed E-state index contributed by atoms with van der Waals surface area (Å²) in [6.07, 6.45) is 0.246. The van der Waals surface area contributed by atoms with Gasteiger partial charge in [0.2, 0.25) is 5.91 Å². The SMILES string of the molecule is CC(CNCCC(=O)Nc1cccc(C#N)c1O)c1ccc(C#N)cc1.c1ccccc1. The van der Waals surface area contributed by atoms with Crippen LogP contribution in [-0.2, 0) is 4.79 Å². The largest absolute Gasteiger partial charge is 0.504 e. The minimum atomic E-state index is -0.242. The number of nitrogens with one attached hydrogen (secondary N) is 2. The molecule has 1 unspecified atom stereocenters. The third kappa shape index (κ3) is 7.95. The average molecular weight is 427 g/mol. The van der Waals surface area contributed by atoms with Gasteiger partial charge in [-0.2, -0.15) is 10.5 Å². The minimum absolute atomic E-state index is 0.122. The summed E-state index contributed by atoms with van der Waals surface area (Å²) < 4.78 is 0. The summed E-state index contributed by atoms with van der Waals surface area (Å²) in [5.41, 5.74) is 2.12. The van der Waals surface area contributed by atoms with Crippen molar-refractivity contribution in [3.63, 3.8) is 0 Å². The van der Waals surface area contributed by atoms with Gasteiger partial charge in [-0.15, -0.1) is 0 Å². The van der Waals surface area contributed by atoms with Crippen molar-refractivity contribution in [2.75, 3.05) is 18.4 Å². The summed E-state index contributed by atoms with van der Waals surface area (Å²) in [6, 6.07) is 28.0. The third-order valence-corrected chi connectivity index (χ3v) is 4.69. The maximum Gasteiger partial charge on any atom is 0.225 e. The van der Waals surface area contributed by atoms with E-state index in [0.29, 0.717) is 18.7 Å². The lowest BCUT2D eigenvalue weighted by Crippen LogP contribution is -2.25. The molecule has 1 atom stereocenters. The highest BCUT2D eigenvalue weighted by Crippen LogP contribution is 2.26. The highest BCUT2D eigenvalue weighted by atomic mass is 16.3. The molecule has 0 saturated heterocycles. The van der Waals surface area contributed by atoms with Crippen molar-refractivity contribution in [1.29, 1.82) is 10.5 Å². The van der Waals surface area contributed by atoms with E-state index < -0.39 is 0 Å². The highest BCUT2D eigenvalue weighted by Gasteiger charge is 2.10. The van der Waals surface area contributed by atoms with Crippen LogP contribution in [0.3, 0.4) is 0 Å².